The molecule has 1 atom stereocenters. The van der Waals surface area contributed by atoms with Crippen LogP contribution < -0.4 is 0 Å². The van der Waals surface area contributed by atoms with E-state index in [9.17, 15) is 9.59 Å². The summed E-state index contributed by atoms with van der Waals surface area (Å²) in [6, 6.07) is 4.51. The number of rotatable bonds is 6. The number of amides is 1. The maximum Gasteiger partial charge on any atom is 0.325 e. The van der Waals surface area contributed by atoms with Crippen molar-refractivity contribution in [2.45, 2.75) is 25.8 Å². The molecule has 2 heterocycles. The van der Waals surface area contributed by atoms with Crippen molar-refractivity contribution in [1.82, 2.24) is 9.80 Å². The molecule has 1 aliphatic rings. The van der Waals surface area contributed by atoms with Crippen LogP contribution in [0.15, 0.2) is 17.5 Å². The molecule has 1 aromatic rings. The number of thiophene rings is 1. The molecule has 2 rings (SSSR count). The number of ether oxygens (including phenoxy) is 1. The molecule has 0 aliphatic carbocycles. The summed E-state index contributed by atoms with van der Waals surface area (Å²) in [6.45, 7) is 3.41. The third-order valence-corrected chi connectivity index (χ3v) is 4.64. The molecule has 1 fully saturated rings. The van der Waals surface area contributed by atoms with Crippen molar-refractivity contribution in [2.24, 2.45) is 0 Å². The summed E-state index contributed by atoms with van der Waals surface area (Å²) in [5.74, 6) is -0.393. The van der Waals surface area contributed by atoms with Crippen molar-refractivity contribution < 1.29 is 14.3 Å². The van der Waals surface area contributed by atoms with Crippen molar-refractivity contribution >= 4 is 23.2 Å². The molecule has 0 aromatic carbocycles. The normalized spacial score (nSPS) is 18.7. The molecular formula is C15H22N2O3S. The van der Waals surface area contributed by atoms with Gasteiger partial charge in [0, 0.05) is 18.0 Å². The van der Waals surface area contributed by atoms with E-state index in [0.29, 0.717) is 19.2 Å². The highest BCUT2D eigenvalue weighted by molar-refractivity contribution is 7.10. The zero-order chi connectivity index (χ0) is 15.2. The zero-order valence-electron chi connectivity index (χ0n) is 12.6. The second-order valence-corrected chi connectivity index (χ2v) is 6.18. The van der Waals surface area contributed by atoms with E-state index < -0.39 is 0 Å². The Morgan fingerprint density at radius 1 is 1.52 bits per heavy atom. The fraction of sp³-hybridized carbons (Fsp3) is 0.600. The molecule has 5 nitrogen and oxygen atoms in total. The van der Waals surface area contributed by atoms with Gasteiger partial charge in [0.15, 0.2) is 0 Å². The van der Waals surface area contributed by atoms with Gasteiger partial charge in [-0.15, -0.1) is 11.3 Å². The van der Waals surface area contributed by atoms with Crippen molar-refractivity contribution in [3.8, 4) is 0 Å². The second kappa shape index (κ2) is 7.56. The van der Waals surface area contributed by atoms with Gasteiger partial charge in [-0.2, -0.15) is 0 Å². The number of hydrogen-bond donors (Lipinski definition) is 0. The SMILES string of the molecule is CCOC(=O)CN(C)C(=O)CN1CCC[C@@H]1c1cccs1. The molecule has 1 amide bonds. The number of likely N-dealkylation sites (tertiary alicyclic amines) is 1. The summed E-state index contributed by atoms with van der Waals surface area (Å²) in [4.78, 5) is 28.6. The van der Waals surface area contributed by atoms with Gasteiger partial charge in [-0.05, 0) is 37.8 Å². The maximum absolute atomic E-state index is 12.2. The summed E-state index contributed by atoms with van der Waals surface area (Å²) in [5, 5.41) is 2.07. The van der Waals surface area contributed by atoms with Gasteiger partial charge in [0.1, 0.15) is 6.54 Å². The largest absolute Gasteiger partial charge is 0.465 e. The molecule has 0 N–H and O–H groups in total. The predicted octanol–water partition coefficient (Wildman–Crippen LogP) is 1.91. The van der Waals surface area contributed by atoms with Gasteiger partial charge >= 0.3 is 5.97 Å². The van der Waals surface area contributed by atoms with Gasteiger partial charge in [-0.25, -0.2) is 0 Å². The highest BCUT2D eigenvalue weighted by Crippen LogP contribution is 2.34. The average Bonchev–Trinajstić information content (AvgIpc) is 3.08. The topological polar surface area (TPSA) is 49.9 Å². The Hall–Kier alpha value is -1.40. The highest BCUT2D eigenvalue weighted by Gasteiger charge is 2.29. The monoisotopic (exact) mass is 310 g/mol. The van der Waals surface area contributed by atoms with Crippen molar-refractivity contribution in [2.75, 3.05) is 33.3 Å². The maximum atomic E-state index is 12.2. The number of hydrogen-bond acceptors (Lipinski definition) is 5. The van der Waals surface area contributed by atoms with Crippen LogP contribution in [0, 0.1) is 0 Å². The van der Waals surface area contributed by atoms with Gasteiger partial charge in [-0.1, -0.05) is 6.07 Å². The minimum atomic E-state index is -0.357. The van der Waals surface area contributed by atoms with Crippen LogP contribution in [0.3, 0.4) is 0 Å². The quantitative estimate of drug-likeness (QED) is 0.753. The van der Waals surface area contributed by atoms with Crippen LogP contribution in [0.25, 0.3) is 0 Å². The fourth-order valence-electron chi connectivity index (χ4n) is 2.60. The van der Waals surface area contributed by atoms with Crippen LogP contribution in [-0.2, 0) is 14.3 Å². The first-order valence-corrected chi connectivity index (χ1v) is 8.16. The molecule has 1 aromatic heterocycles. The van der Waals surface area contributed by atoms with Gasteiger partial charge in [0.2, 0.25) is 5.91 Å². The van der Waals surface area contributed by atoms with E-state index in [1.165, 1.54) is 9.78 Å². The Bertz CT molecular complexity index is 475. The molecule has 21 heavy (non-hydrogen) atoms. The van der Waals surface area contributed by atoms with Gasteiger partial charge in [0.25, 0.3) is 0 Å². The summed E-state index contributed by atoms with van der Waals surface area (Å²) in [7, 11) is 1.65. The van der Waals surface area contributed by atoms with E-state index in [1.807, 2.05) is 6.07 Å². The van der Waals surface area contributed by atoms with Crippen LogP contribution in [0.5, 0.6) is 0 Å². The predicted molar refractivity (Wildman–Crippen MR) is 82.1 cm³/mol. The van der Waals surface area contributed by atoms with E-state index in [2.05, 4.69) is 16.3 Å². The molecule has 0 spiro atoms. The number of carbonyl (C=O) groups excluding carboxylic acids is 2. The number of likely N-dealkylation sites (N-methyl/N-ethyl adjacent to an activating group) is 1. The summed E-state index contributed by atoms with van der Waals surface area (Å²) >= 11 is 1.74. The van der Waals surface area contributed by atoms with Gasteiger partial charge < -0.3 is 9.64 Å². The van der Waals surface area contributed by atoms with Crippen molar-refractivity contribution in [3.63, 3.8) is 0 Å². The van der Waals surface area contributed by atoms with E-state index in [4.69, 9.17) is 4.74 Å². The Labute approximate surface area is 129 Å². The summed E-state index contributed by atoms with van der Waals surface area (Å²) in [5.41, 5.74) is 0. The smallest absolute Gasteiger partial charge is 0.325 e. The molecule has 1 saturated heterocycles. The summed E-state index contributed by atoms with van der Waals surface area (Å²) in [6.07, 6.45) is 2.20. The molecule has 0 radical (unpaired) electrons. The first-order valence-electron chi connectivity index (χ1n) is 7.29. The third kappa shape index (κ3) is 4.28. The lowest BCUT2D eigenvalue weighted by atomic mass is 10.2. The van der Waals surface area contributed by atoms with Gasteiger partial charge in [-0.3, -0.25) is 14.5 Å². The lowest BCUT2D eigenvalue weighted by Gasteiger charge is -2.25. The Morgan fingerprint density at radius 3 is 3.00 bits per heavy atom. The number of nitrogens with zero attached hydrogens (tertiary/aromatic N) is 2. The molecule has 1 aliphatic heterocycles. The Balaban J connectivity index is 1.88. The van der Waals surface area contributed by atoms with Crippen LogP contribution >= 0.6 is 11.3 Å². The molecule has 0 bridgehead atoms. The van der Waals surface area contributed by atoms with Crippen LogP contribution in [0.4, 0.5) is 0 Å². The standard InChI is InChI=1S/C15H22N2O3S/c1-3-20-15(19)11-16(2)14(18)10-17-8-4-6-12(17)13-7-5-9-21-13/h5,7,9,12H,3-4,6,8,10-11H2,1-2H3/t12-/m1/s1. The lowest BCUT2D eigenvalue weighted by molar-refractivity contribution is -0.148. The fourth-order valence-corrected chi connectivity index (χ4v) is 3.50. The van der Waals surface area contributed by atoms with E-state index >= 15 is 0 Å². The van der Waals surface area contributed by atoms with Crippen molar-refractivity contribution in [3.05, 3.63) is 22.4 Å². The van der Waals surface area contributed by atoms with E-state index in [0.717, 1.165) is 19.4 Å². The summed E-state index contributed by atoms with van der Waals surface area (Å²) < 4.78 is 4.87. The molecule has 116 valence electrons. The highest BCUT2D eigenvalue weighted by atomic mass is 32.1. The van der Waals surface area contributed by atoms with E-state index in [1.54, 1.807) is 25.3 Å². The number of carbonyl (C=O) groups is 2. The molecule has 0 unspecified atom stereocenters. The minimum Gasteiger partial charge on any atom is -0.465 e. The molecule has 6 heteroatoms. The average molecular weight is 310 g/mol. The Morgan fingerprint density at radius 2 is 2.33 bits per heavy atom. The third-order valence-electron chi connectivity index (χ3n) is 3.67. The first-order chi connectivity index (χ1) is 10.1. The van der Waals surface area contributed by atoms with Gasteiger partial charge in [0.05, 0.1) is 13.2 Å². The molecule has 0 saturated carbocycles. The van der Waals surface area contributed by atoms with E-state index in [-0.39, 0.29) is 18.4 Å². The van der Waals surface area contributed by atoms with Crippen molar-refractivity contribution in [1.29, 1.82) is 0 Å². The zero-order valence-corrected chi connectivity index (χ0v) is 13.4. The molecular weight excluding hydrogens is 288 g/mol. The lowest BCUT2D eigenvalue weighted by Crippen LogP contribution is -2.40. The van der Waals surface area contributed by atoms with Crippen LogP contribution in [0.2, 0.25) is 0 Å². The Kier molecular flexibility index (Phi) is 5.76. The number of esters is 1. The minimum absolute atomic E-state index is 0.0180. The van der Waals surface area contributed by atoms with Crippen LogP contribution in [-0.4, -0.2) is 55.0 Å². The second-order valence-electron chi connectivity index (χ2n) is 5.20. The first kappa shape index (κ1) is 16.0. The van der Waals surface area contributed by atoms with Crippen LogP contribution in [0.1, 0.15) is 30.7 Å².